The van der Waals surface area contributed by atoms with Gasteiger partial charge in [-0.15, -0.1) is 0 Å². The molecule has 0 spiro atoms. The van der Waals surface area contributed by atoms with Crippen LogP contribution in [0.1, 0.15) is 29.4 Å². The number of aliphatic hydroxyl groups is 1. The Morgan fingerprint density at radius 2 is 2.15 bits per heavy atom. The van der Waals surface area contributed by atoms with Crippen molar-refractivity contribution in [3.8, 4) is 11.6 Å². The Balaban J connectivity index is 1.44. The van der Waals surface area contributed by atoms with Crippen LogP contribution in [0.3, 0.4) is 0 Å². The van der Waals surface area contributed by atoms with Crippen molar-refractivity contribution in [3.63, 3.8) is 0 Å². The summed E-state index contributed by atoms with van der Waals surface area (Å²) in [5, 5.41) is 11.5. The molecule has 0 saturated heterocycles. The van der Waals surface area contributed by atoms with Gasteiger partial charge < -0.3 is 19.6 Å². The van der Waals surface area contributed by atoms with E-state index >= 15 is 0 Å². The molecule has 2 aliphatic rings. The van der Waals surface area contributed by atoms with Crippen LogP contribution in [0.2, 0.25) is 0 Å². The summed E-state index contributed by atoms with van der Waals surface area (Å²) in [5.41, 5.74) is 5.50. The normalized spacial score (nSPS) is 23.9. The maximum atomic E-state index is 9.78. The van der Waals surface area contributed by atoms with E-state index in [1.54, 1.807) is 30.6 Å². The molecule has 2 aromatic rings. The van der Waals surface area contributed by atoms with Crippen molar-refractivity contribution in [2.24, 2.45) is 5.92 Å². The molecule has 142 valence electrons. The molecule has 3 atom stereocenters. The molecule has 1 aliphatic carbocycles. The Kier molecular flexibility index (Phi) is 4.67. The monoisotopic (exact) mass is 369 g/mol. The molecule has 2 aromatic heterocycles. The average Bonchev–Trinajstić information content (AvgIpc) is 3.37. The van der Waals surface area contributed by atoms with Gasteiger partial charge in [0.15, 0.2) is 0 Å². The third-order valence-corrected chi connectivity index (χ3v) is 4.88. The van der Waals surface area contributed by atoms with Crippen molar-refractivity contribution in [2.45, 2.75) is 25.5 Å². The van der Waals surface area contributed by atoms with E-state index in [2.05, 4.69) is 20.4 Å². The largest absolute Gasteiger partial charge is 0.495 e. The second-order valence-corrected chi connectivity index (χ2v) is 6.86. The maximum Gasteiger partial charge on any atom is 0.226 e. The van der Waals surface area contributed by atoms with Crippen molar-refractivity contribution in [1.29, 1.82) is 0 Å². The third kappa shape index (κ3) is 3.72. The summed E-state index contributed by atoms with van der Waals surface area (Å²) < 4.78 is 11.2. The molecule has 0 radical (unpaired) electrons. The van der Waals surface area contributed by atoms with E-state index in [4.69, 9.17) is 9.47 Å². The fourth-order valence-electron chi connectivity index (χ4n) is 3.28. The predicted molar refractivity (Wildman–Crippen MR) is 98.8 cm³/mol. The van der Waals surface area contributed by atoms with Crippen LogP contribution in [0.4, 0.5) is 0 Å². The van der Waals surface area contributed by atoms with Gasteiger partial charge in [0.1, 0.15) is 17.8 Å². The summed E-state index contributed by atoms with van der Waals surface area (Å²) >= 11 is 0. The first-order chi connectivity index (χ1) is 13.0. The van der Waals surface area contributed by atoms with Crippen LogP contribution in [0.15, 0.2) is 30.6 Å². The minimum Gasteiger partial charge on any atom is -0.495 e. The molecule has 0 amide bonds. The first-order valence-electron chi connectivity index (χ1n) is 8.91. The third-order valence-electron chi connectivity index (χ3n) is 4.88. The fraction of sp³-hybridized carbons (Fsp3) is 0.421. The zero-order chi connectivity index (χ0) is 19.0. The minimum absolute atomic E-state index is 0.402. The smallest absolute Gasteiger partial charge is 0.226 e. The van der Waals surface area contributed by atoms with Gasteiger partial charge in [-0.25, -0.2) is 10.4 Å². The van der Waals surface area contributed by atoms with E-state index in [0.717, 1.165) is 29.1 Å². The number of rotatable bonds is 6. The maximum absolute atomic E-state index is 9.78. The molecule has 3 unspecified atom stereocenters. The van der Waals surface area contributed by atoms with E-state index in [1.165, 1.54) is 0 Å². The van der Waals surface area contributed by atoms with E-state index in [9.17, 15) is 5.11 Å². The van der Waals surface area contributed by atoms with Crippen LogP contribution in [0.25, 0.3) is 5.70 Å². The van der Waals surface area contributed by atoms with Gasteiger partial charge in [0.2, 0.25) is 5.88 Å². The Bertz CT molecular complexity index is 855. The first-order valence-corrected chi connectivity index (χ1v) is 8.91. The molecule has 8 nitrogen and oxygen atoms in total. The van der Waals surface area contributed by atoms with E-state index in [0.29, 0.717) is 30.1 Å². The van der Waals surface area contributed by atoms with Gasteiger partial charge in [-0.2, -0.15) is 4.98 Å². The molecule has 2 N–H and O–H groups in total. The van der Waals surface area contributed by atoms with Gasteiger partial charge in [-0.05, 0) is 31.6 Å². The van der Waals surface area contributed by atoms with Gasteiger partial charge in [0.25, 0.3) is 0 Å². The highest BCUT2D eigenvalue weighted by Crippen LogP contribution is 2.47. The number of hydrogen-bond acceptors (Lipinski definition) is 8. The standard InChI is InChI=1S/C19H23N5O3/c1-11-20-9-15(17-7-18(25)23-24(17)2)19(22-11)27-10-12-6-14(12)16-5-4-13(26-3)8-21-16/h4-5,7-9,12,14,18,23,25H,6,10H2,1-3H3. The zero-order valence-corrected chi connectivity index (χ0v) is 15.6. The highest BCUT2D eigenvalue weighted by molar-refractivity contribution is 5.68. The molecular weight excluding hydrogens is 346 g/mol. The lowest BCUT2D eigenvalue weighted by Crippen LogP contribution is -2.33. The molecular formula is C19H23N5O3. The van der Waals surface area contributed by atoms with E-state index < -0.39 is 6.23 Å². The van der Waals surface area contributed by atoms with Crippen molar-refractivity contribution < 1.29 is 14.6 Å². The summed E-state index contributed by atoms with van der Waals surface area (Å²) in [6, 6.07) is 3.94. The highest BCUT2D eigenvalue weighted by atomic mass is 16.5. The molecule has 8 heteroatoms. The molecule has 1 fully saturated rings. The number of pyridine rings is 1. The predicted octanol–water partition coefficient (Wildman–Crippen LogP) is 1.48. The van der Waals surface area contributed by atoms with Crippen LogP contribution < -0.4 is 14.9 Å². The minimum atomic E-state index is -0.729. The molecule has 1 saturated carbocycles. The number of aliphatic hydroxyl groups excluding tert-OH is 1. The molecule has 4 rings (SSSR count). The fourth-order valence-corrected chi connectivity index (χ4v) is 3.28. The average molecular weight is 369 g/mol. The summed E-state index contributed by atoms with van der Waals surface area (Å²) in [6.45, 7) is 2.40. The second-order valence-electron chi connectivity index (χ2n) is 6.86. The topological polar surface area (TPSA) is 92.6 Å². The molecule has 27 heavy (non-hydrogen) atoms. The van der Waals surface area contributed by atoms with E-state index in [-0.39, 0.29) is 0 Å². The second kappa shape index (κ2) is 7.13. The number of hydrazine groups is 1. The lowest BCUT2D eigenvalue weighted by Gasteiger charge is -2.18. The lowest BCUT2D eigenvalue weighted by molar-refractivity contribution is 0.138. The van der Waals surface area contributed by atoms with Crippen molar-refractivity contribution in [2.75, 3.05) is 20.8 Å². The van der Waals surface area contributed by atoms with Gasteiger partial charge in [-0.3, -0.25) is 4.98 Å². The summed E-state index contributed by atoms with van der Waals surface area (Å²) in [7, 11) is 3.47. The number of aromatic nitrogens is 3. The lowest BCUT2D eigenvalue weighted by atomic mass is 10.2. The number of nitrogens with one attached hydrogen (secondary N) is 1. The van der Waals surface area contributed by atoms with Crippen LogP contribution in [-0.4, -0.2) is 52.1 Å². The van der Waals surface area contributed by atoms with Crippen molar-refractivity contribution in [3.05, 3.63) is 47.7 Å². The SMILES string of the molecule is COc1ccc(C2CC2COc2nc(C)ncc2C2=CC(O)NN2C)nc1. The Labute approximate surface area is 157 Å². The molecule has 0 aromatic carbocycles. The van der Waals surface area contributed by atoms with Crippen LogP contribution >= 0.6 is 0 Å². The quantitative estimate of drug-likeness (QED) is 0.791. The van der Waals surface area contributed by atoms with Gasteiger partial charge in [0.05, 0.1) is 31.2 Å². The van der Waals surface area contributed by atoms with E-state index in [1.807, 2.05) is 26.1 Å². The molecule has 3 heterocycles. The molecule has 1 aliphatic heterocycles. The highest BCUT2D eigenvalue weighted by Gasteiger charge is 2.40. The summed E-state index contributed by atoms with van der Waals surface area (Å²) in [5.74, 6) is 2.75. The van der Waals surface area contributed by atoms with Gasteiger partial charge in [0, 0.05) is 30.8 Å². The zero-order valence-electron chi connectivity index (χ0n) is 15.6. The summed E-state index contributed by atoms with van der Waals surface area (Å²) in [6.07, 6.45) is 5.50. The van der Waals surface area contributed by atoms with Crippen molar-refractivity contribution >= 4 is 5.70 Å². The molecule has 0 bridgehead atoms. The number of nitrogens with zero attached hydrogens (tertiary/aromatic N) is 4. The number of hydrogen-bond donors (Lipinski definition) is 2. The van der Waals surface area contributed by atoms with Crippen molar-refractivity contribution in [1.82, 2.24) is 25.4 Å². The van der Waals surface area contributed by atoms with Crippen LogP contribution in [0.5, 0.6) is 11.6 Å². The van der Waals surface area contributed by atoms with Crippen LogP contribution in [0, 0.1) is 12.8 Å². The van der Waals surface area contributed by atoms with Crippen LogP contribution in [-0.2, 0) is 0 Å². The summed E-state index contributed by atoms with van der Waals surface area (Å²) in [4.78, 5) is 13.2. The first kappa shape index (κ1) is 17.7. The Morgan fingerprint density at radius 1 is 1.30 bits per heavy atom. The number of methoxy groups -OCH3 is 1. The number of ether oxygens (including phenoxy) is 2. The number of aryl methyl sites for hydroxylation is 1. The van der Waals surface area contributed by atoms with Gasteiger partial charge in [-0.1, -0.05) is 0 Å². The van der Waals surface area contributed by atoms with Gasteiger partial charge >= 0.3 is 0 Å². The Morgan fingerprint density at radius 3 is 2.81 bits per heavy atom. The Hall–Kier alpha value is -2.71.